The fourth-order valence-corrected chi connectivity index (χ4v) is 8.70. The Balaban J connectivity index is 1.23. The van der Waals surface area contributed by atoms with Gasteiger partial charge in [0, 0.05) is 31.1 Å². The molecule has 0 unspecified atom stereocenters. The van der Waals surface area contributed by atoms with Gasteiger partial charge >= 0.3 is 5.97 Å². The van der Waals surface area contributed by atoms with E-state index < -0.39 is 0 Å². The summed E-state index contributed by atoms with van der Waals surface area (Å²) in [5.74, 6) is 1.29. The lowest BCUT2D eigenvalue weighted by Crippen LogP contribution is -2.53. The standard InChI is InChI=1S/C23H30O5/c1-14(24)27-23-12-15(23)11-18-16-3-6-20-13-21(25-9-10-26-21)7-8-22(20,28-20)17(16)4-5-19(18,23)2/h4,15-16,18H,3,5-13H2,1-2H3/t15-,16+,18-,19-,20+,22+,23-/m0/s1. The highest BCUT2D eigenvalue weighted by molar-refractivity contribution is 5.67. The maximum atomic E-state index is 11.8. The van der Waals surface area contributed by atoms with Crippen LogP contribution in [0.3, 0.4) is 0 Å². The number of hydrogen-bond acceptors (Lipinski definition) is 5. The van der Waals surface area contributed by atoms with Crippen LogP contribution in [-0.4, -0.2) is 41.8 Å². The molecule has 6 fully saturated rings. The van der Waals surface area contributed by atoms with Crippen LogP contribution in [0.2, 0.25) is 0 Å². The molecule has 0 aromatic heterocycles. The fraction of sp³-hybridized carbons (Fsp3) is 0.870. The first kappa shape index (κ1) is 16.8. The lowest BCUT2D eigenvalue weighted by Gasteiger charge is -2.51. The van der Waals surface area contributed by atoms with Crippen molar-refractivity contribution in [3.05, 3.63) is 11.6 Å². The van der Waals surface area contributed by atoms with Gasteiger partial charge in [-0.15, -0.1) is 0 Å². The van der Waals surface area contributed by atoms with Gasteiger partial charge in [0.15, 0.2) is 5.79 Å². The largest absolute Gasteiger partial charge is 0.458 e. The quantitative estimate of drug-likeness (QED) is 0.392. The number of fused-ring (bicyclic) bond motifs is 5. The highest BCUT2D eigenvalue weighted by atomic mass is 16.7. The predicted molar refractivity (Wildman–Crippen MR) is 99.3 cm³/mol. The predicted octanol–water partition coefficient (Wildman–Crippen LogP) is 3.51. The number of hydrogen-bond donors (Lipinski definition) is 0. The van der Waals surface area contributed by atoms with Crippen LogP contribution in [0.15, 0.2) is 11.6 Å². The second-order valence-electron chi connectivity index (χ2n) is 10.9. The van der Waals surface area contributed by atoms with Crippen molar-refractivity contribution in [2.45, 2.75) is 87.8 Å². The lowest BCUT2D eigenvalue weighted by molar-refractivity contribution is -0.185. The molecular formula is C23H30O5. The van der Waals surface area contributed by atoms with Crippen LogP contribution in [0.1, 0.15) is 65.2 Å². The van der Waals surface area contributed by atoms with Gasteiger partial charge in [0.1, 0.15) is 16.8 Å². The van der Waals surface area contributed by atoms with Crippen molar-refractivity contribution in [3.63, 3.8) is 0 Å². The van der Waals surface area contributed by atoms with Crippen LogP contribution in [0.5, 0.6) is 0 Å². The van der Waals surface area contributed by atoms with E-state index >= 15 is 0 Å². The molecule has 1 spiro atoms. The molecular weight excluding hydrogens is 356 g/mol. The van der Waals surface area contributed by atoms with Gasteiger partial charge in [-0.3, -0.25) is 4.79 Å². The van der Waals surface area contributed by atoms with Crippen molar-refractivity contribution in [2.24, 2.45) is 23.2 Å². The number of epoxide rings is 1. The summed E-state index contributed by atoms with van der Waals surface area (Å²) >= 11 is 0. The molecule has 0 bridgehead atoms. The van der Waals surface area contributed by atoms with Gasteiger partial charge in [-0.1, -0.05) is 13.0 Å². The Kier molecular flexibility index (Phi) is 2.83. The Bertz CT molecular complexity index is 814. The Morgan fingerprint density at radius 2 is 2.04 bits per heavy atom. The van der Waals surface area contributed by atoms with Gasteiger partial charge in [0.05, 0.1) is 13.2 Å². The number of allylic oxidation sites excluding steroid dienone is 1. The number of esters is 1. The summed E-state index contributed by atoms with van der Waals surface area (Å²) in [5.41, 5.74) is 1.37. The Hall–Kier alpha value is -0.910. The molecule has 28 heavy (non-hydrogen) atoms. The van der Waals surface area contributed by atoms with Crippen LogP contribution >= 0.6 is 0 Å². The maximum Gasteiger partial charge on any atom is 0.303 e. The van der Waals surface area contributed by atoms with Crippen molar-refractivity contribution in [1.29, 1.82) is 0 Å². The van der Waals surface area contributed by atoms with E-state index in [1.807, 2.05) is 0 Å². The van der Waals surface area contributed by atoms with E-state index in [1.165, 1.54) is 12.8 Å². The third-order valence-corrected chi connectivity index (χ3v) is 9.95. The average Bonchev–Trinajstić information content (AvgIpc) is 3.44. The second-order valence-corrected chi connectivity index (χ2v) is 10.9. The van der Waals surface area contributed by atoms with Gasteiger partial charge in [0.2, 0.25) is 0 Å². The van der Waals surface area contributed by atoms with Crippen LogP contribution in [0.25, 0.3) is 0 Å². The van der Waals surface area contributed by atoms with Crippen molar-refractivity contribution >= 4 is 5.97 Å². The Morgan fingerprint density at radius 3 is 2.82 bits per heavy atom. The molecule has 152 valence electrons. The maximum absolute atomic E-state index is 11.8. The van der Waals surface area contributed by atoms with Crippen LogP contribution in [0, 0.1) is 23.2 Å². The molecule has 5 aliphatic carbocycles. The highest BCUT2D eigenvalue weighted by Crippen LogP contribution is 2.78. The minimum absolute atomic E-state index is 0.0548. The number of ether oxygens (including phenoxy) is 4. The van der Waals surface area contributed by atoms with Crippen LogP contribution in [-0.2, 0) is 23.7 Å². The second kappa shape index (κ2) is 4.70. The van der Waals surface area contributed by atoms with E-state index in [2.05, 4.69) is 13.0 Å². The van der Waals surface area contributed by atoms with Gasteiger partial charge in [-0.25, -0.2) is 0 Å². The SMILES string of the molecule is CC(=O)O[C@@]12C[C@@H]1C[C@H]1[C@@H]3CC[C@@]45CC6(CC[C@@]4(O5)C3=CC[C@@]12C)OCCO6. The van der Waals surface area contributed by atoms with Gasteiger partial charge < -0.3 is 18.9 Å². The minimum atomic E-state index is -0.384. The Morgan fingerprint density at radius 1 is 1.21 bits per heavy atom. The van der Waals surface area contributed by atoms with Gasteiger partial charge in [0.25, 0.3) is 0 Å². The lowest BCUT2D eigenvalue weighted by atomic mass is 9.53. The normalized spacial score (nSPS) is 56.6. The summed E-state index contributed by atoms with van der Waals surface area (Å²) in [5, 5.41) is 0. The van der Waals surface area contributed by atoms with E-state index in [9.17, 15) is 4.79 Å². The van der Waals surface area contributed by atoms with Gasteiger partial charge in [-0.05, 0) is 55.9 Å². The molecule has 4 saturated carbocycles. The summed E-state index contributed by atoms with van der Waals surface area (Å²) < 4.78 is 24.7. The Labute approximate surface area is 166 Å². The molecule has 0 N–H and O–H groups in total. The van der Waals surface area contributed by atoms with E-state index in [-0.39, 0.29) is 34.0 Å². The molecule has 7 aliphatic rings. The van der Waals surface area contributed by atoms with Gasteiger partial charge in [-0.2, -0.15) is 0 Å². The van der Waals surface area contributed by atoms with Crippen LogP contribution < -0.4 is 0 Å². The minimum Gasteiger partial charge on any atom is -0.458 e. The number of carbonyl (C=O) groups is 1. The molecule has 7 atom stereocenters. The van der Waals surface area contributed by atoms with E-state index in [1.54, 1.807) is 12.5 Å². The molecule has 5 nitrogen and oxygen atoms in total. The van der Waals surface area contributed by atoms with Crippen molar-refractivity contribution in [3.8, 4) is 0 Å². The molecule has 2 heterocycles. The van der Waals surface area contributed by atoms with Crippen molar-refractivity contribution in [1.82, 2.24) is 0 Å². The third kappa shape index (κ3) is 1.68. The molecule has 2 saturated heterocycles. The van der Waals surface area contributed by atoms with Crippen molar-refractivity contribution in [2.75, 3.05) is 13.2 Å². The van der Waals surface area contributed by atoms with Crippen LogP contribution in [0.4, 0.5) is 0 Å². The molecule has 2 aliphatic heterocycles. The zero-order valence-corrected chi connectivity index (χ0v) is 16.9. The summed E-state index contributed by atoms with van der Waals surface area (Å²) in [4.78, 5) is 11.8. The van der Waals surface area contributed by atoms with Crippen molar-refractivity contribution < 1.29 is 23.7 Å². The zero-order valence-electron chi connectivity index (χ0n) is 16.9. The summed E-state index contributed by atoms with van der Waals surface area (Å²) in [6.07, 6.45) is 11.0. The molecule has 0 amide bonds. The topological polar surface area (TPSA) is 57.3 Å². The first-order valence-corrected chi connectivity index (χ1v) is 11.3. The van der Waals surface area contributed by atoms with E-state index in [0.29, 0.717) is 31.0 Å². The fourth-order valence-electron chi connectivity index (χ4n) is 8.70. The summed E-state index contributed by atoms with van der Waals surface area (Å²) in [7, 11) is 0. The third-order valence-electron chi connectivity index (χ3n) is 9.95. The first-order chi connectivity index (χ1) is 13.4. The first-order valence-electron chi connectivity index (χ1n) is 11.3. The van der Waals surface area contributed by atoms with E-state index in [4.69, 9.17) is 18.9 Å². The monoisotopic (exact) mass is 386 g/mol. The number of rotatable bonds is 1. The average molecular weight is 386 g/mol. The summed E-state index contributed by atoms with van der Waals surface area (Å²) in [6.45, 7) is 5.40. The molecule has 5 heteroatoms. The molecule has 0 aromatic rings. The molecule has 0 aromatic carbocycles. The smallest absolute Gasteiger partial charge is 0.303 e. The van der Waals surface area contributed by atoms with E-state index in [0.717, 1.165) is 38.5 Å². The highest BCUT2D eigenvalue weighted by Gasteiger charge is 2.82. The number of carbonyl (C=O) groups excluding carboxylic acids is 1. The molecule has 0 radical (unpaired) electrons. The molecule has 7 rings (SSSR count). The zero-order chi connectivity index (χ0) is 19.0. The summed E-state index contributed by atoms with van der Waals surface area (Å²) in [6, 6.07) is 0.